The van der Waals surface area contributed by atoms with Crippen LogP contribution < -0.4 is 15.8 Å². The van der Waals surface area contributed by atoms with E-state index in [2.05, 4.69) is 23.5 Å². The van der Waals surface area contributed by atoms with Gasteiger partial charge in [0.05, 0.1) is 7.11 Å². The maximum absolute atomic E-state index is 6.01. The second-order valence-corrected chi connectivity index (χ2v) is 5.34. The van der Waals surface area contributed by atoms with Gasteiger partial charge in [0.2, 0.25) is 0 Å². The molecule has 3 rings (SSSR count). The van der Waals surface area contributed by atoms with E-state index in [0.29, 0.717) is 6.04 Å². The molecule has 0 aromatic heterocycles. The molecule has 0 radical (unpaired) electrons. The standard InChI is InChI=1S/C17H20N2O/c1-20-17-4-2-3-15(11-17)19-16-8-6-12-9-14(18)7-5-13(12)10-16/h2-4,6,8,10-11,14,19H,5,7,9,18H2,1H3/t14-/m0/s1. The minimum absolute atomic E-state index is 0.319. The van der Waals surface area contributed by atoms with Crippen molar-refractivity contribution in [3.63, 3.8) is 0 Å². The van der Waals surface area contributed by atoms with Crippen molar-refractivity contribution in [3.8, 4) is 5.75 Å². The third-order valence-electron chi connectivity index (χ3n) is 3.83. The van der Waals surface area contributed by atoms with Crippen LogP contribution in [0.5, 0.6) is 5.75 Å². The first-order valence-electron chi connectivity index (χ1n) is 7.03. The average molecular weight is 268 g/mol. The third kappa shape index (κ3) is 2.78. The topological polar surface area (TPSA) is 47.3 Å². The maximum Gasteiger partial charge on any atom is 0.120 e. The minimum atomic E-state index is 0.319. The minimum Gasteiger partial charge on any atom is -0.497 e. The molecule has 104 valence electrons. The molecule has 2 aromatic carbocycles. The van der Waals surface area contributed by atoms with Gasteiger partial charge >= 0.3 is 0 Å². The Bertz CT molecular complexity index is 610. The van der Waals surface area contributed by atoms with Crippen molar-refractivity contribution < 1.29 is 4.74 Å². The fraction of sp³-hybridized carbons (Fsp3) is 0.294. The number of hydrogen-bond acceptors (Lipinski definition) is 3. The molecule has 0 unspecified atom stereocenters. The fourth-order valence-corrected chi connectivity index (χ4v) is 2.73. The van der Waals surface area contributed by atoms with Crippen LogP contribution in [0.4, 0.5) is 11.4 Å². The zero-order valence-corrected chi connectivity index (χ0v) is 11.7. The number of nitrogens with one attached hydrogen (secondary N) is 1. The molecule has 1 atom stereocenters. The Morgan fingerprint density at radius 1 is 1.10 bits per heavy atom. The predicted octanol–water partition coefficient (Wildman–Crippen LogP) is 3.25. The lowest BCUT2D eigenvalue weighted by Crippen LogP contribution is -2.27. The number of hydrogen-bond donors (Lipinski definition) is 2. The zero-order chi connectivity index (χ0) is 13.9. The van der Waals surface area contributed by atoms with E-state index in [4.69, 9.17) is 10.5 Å². The number of aryl methyl sites for hydroxylation is 1. The van der Waals surface area contributed by atoms with Crippen LogP contribution in [-0.4, -0.2) is 13.2 Å². The molecule has 0 fully saturated rings. The van der Waals surface area contributed by atoms with Gasteiger partial charge in [-0.1, -0.05) is 12.1 Å². The number of nitrogens with two attached hydrogens (primary N) is 1. The summed E-state index contributed by atoms with van der Waals surface area (Å²) in [5, 5.41) is 3.43. The van der Waals surface area contributed by atoms with Crippen LogP contribution in [0, 0.1) is 0 Å². The zero-order valence-electron chi connectivity index (χ0n) is 11.7. The monoisotopic (exact) mass is 268 g/mol. The lowest BCUT2D eigenvalue weighted by molar-refractivity contribution is 0.415. The number of fused-ring (bicyclic) bond motifs is 1. The van der Waals surface area contributed by atoms with Crippen LogP contribution in [0.3, 0.4) is 0 Å². The fourth-order valence-electron chi connectivity index (χ4n) is 2.73. The summed E-state index contributed by atoms with van der Waals surface area (Å²) in [6.07, 6.45) is 3.15. The van der Waals surface area contributed by atoms with Crippen LogP contribution in [0.25, 0.3) is 0 Å². The molecule has 0 aliphatic heterocycles. The molecule has 0 heterocycles. The SMILES string of the molecule is COc1cccc(Nc2ccc3c(c2)CC[C@H](N)C3)c1. The highest BCUT2D eigenvalue weighted by molar-refractivity contribution is 5.62. The van der Waals surface area contributed by atoms with Gasteiger partial charge in [0.15, 0.2) is 0 Å². The van der Waals surface area contributed by atoms with Gasteiger partial charge in [-0.25, -0.2) is 0 Å². The van der Waals surface area contributed by atoms with E-state index in [1.165, 1.54) is 11.1 Å². The van der Waals surface area contributed by atoms with Gasteiger partial charge in [-0.15, -0.1) is 0 Å². The van der Waals surface area contributed by atoms with E-state index in [9.17, 15) is 0 Å². The Morgan fingerprint density at radius 3 is 2.80 bits per heavy atom. The van der Waals surface area contributed by atoms with Crippen molar-refractivity contribution in [2.24, 2.45) is 5.73 Å². The number of ether oxygens (including phenoxy) is 1. The van der Waals surface area contributed by atoms with Crippen LogP contribution in [0.1, 0.15) is 17.5 Å². The molecule has 1 aliphatic rings. The van der Waals surface area contributed by atoms with Crippen molar-refractivity contribution in [1.82, 2.24) is 0 Å². The van der Waals surface area contributed by atoms with E-state index in [1.54, 1.807) is 7.11 Å². The molecule has 3 N–H and O–H groups in total. The number of rotatable bonds is 3. The van der Waals surface area contributed by atoms with E-state index in [0.717, 1.165) is 36.4 Å². The number of benzene rings is 2. The highest BCUT2D eigenvalue weighted by atomic mass is 16.5. The lowest BCUT2D eigenvalue weighted by atomic mass is 9.88. The van der Waals surface area contributed by atoms with Crippen molar-refractivity contribution in [1.29, 1.82) is 0 Å². The summed E-state index contributed by atoms with van der Waals surface area (Å²) in [4.78, 5) is 0. The molecule has 0 saturated heterocycles. The highest BCUT2D eigenvalue weighted by Gasteiger charge is 2.15. The molecular weight excluding hydrogens is 248 g/mol. The Hall–Kier alpha value is -2.00. The summed E-state index contributed by atoms with van der Waals surface area (Å²) in [7, 11) is 1.68. The van der Waals surface area contributed by atoms with E-state index in [1.807, 2.05) is 24.3 Å². The normalized spacial score (nSPS) is 17.4. The summed E-state index contributed by atoms with van der Waals surface area (Å²) in [6.45, 7) is 0. The molecule has 3 heteroatoms. The van der Waals surface area contributed by atoms with E-state index < -0.39 is 0 Å². The number of methoxy groups -OCH3 is 1. The van der Waals surface area contributed by atoms with E-state index in [-0.39, 0.29) is 0 Å². The predicted molar refractivity (Wildman–Crippen MR) is 82.7 cm³/mol. The van der Waals surface area contributed by atoms with Crippen molar-refractivity contribution in [2.45, 2.75) is 25.3 Å². The summed E-state index contributed by atoms with van der Waals surface area (Å²) in [5.74, 6) is 0.860. The number of anilines is 2. The third-order valence-corrected chi connectivity index (χ3v) is 3.83. The van der Waals surface area contributed by atoms with E-state index >= 15 is 0 Å². The van der Waals surface area contributed by atoms with Gasteiger partial charge in [-0.3, -0.25) is 0 Å². The van der Waals surface area contributed by atoms with Gasteiger partial charge in [0.1, 0.15) is 5.75 Å². The van der Waals surface area contributed by atoms with Gasteiger partial charge in [0.25, 0.3) is 0 Å². The average Bonchev–Trinajstić information content (AvgIpc) is 2.47. The molecular formula is C17H20N2O. The van der Waals surface area contributed by atoms with Gasteiger partial charge in [-0.2, -0.15) is 0 Å². The molecule has 20 heavy (non-hydrogen) atoms. The summed E-state index contributed by atoms with van der Waals surface area (Å²) in [6, 6.07) is 14.8. The molecule has 1 aliphatic carbocycles. The largest absolute Gasteiger partial charge is 0.497 e. The molecule has 0 amide bonds. The summed E-state index contributed by atoms with van der Waals surface area (Å²) < 4.78 is 5.24. The van der Waals surface area contributed by atoms with Crippen LogP contribution in [-0.2, 0) is 12.8 Å². The van der Waals surface area contributed by atoms with Crippen molar-refractivity contribution in [2.75, 3.05) is 12.4 Å². The van der Waals surface area contributed by atoms with Crippen molar-refractivity contribution in [3.05, 3.63) is 53.6 Å². The molecule has 0 spiro atoms. The summed E-state index contributed by atoms with van der Waals surface area (Å²) in [5.41, 5.74) is 11.0. The smallest absolute Gasteiger partial charge is 0.120 e. The van der Waals surface area contributed by atoms with Crippen molar-refractivity contribution >= 4 is 11.4 Å². The quantitative estimate of drug-likeness (QED) is 0.898. The van der Waals surface area contributed by atoms with Crippen LogP contribution in [0.15, 0.2) is 42.5 Å². The van der Waals surface area contributed by atoms with Crippen LogP contribution in [0.2, 0.25) is 0 Å². The first-order valence-corrected chi connectivity index (χ1v) is 7.03. The molecule has 3 nitrogen and oxygen atoms in total. The lowest BCUT2D eigenvalue weighted by Gasteiger charge is -2.22. The Kier molecular flexibility index (Phi) is 3.61. The molecule has 2 aromatic rings. The molecule has 0 bridgehead atoms. The van der Waals surface area contributed by atoms with Gasteiger partial charge < -0.3 is 15.8 Å². The van der Waals surface area contributed by atoms with Gasteiger partial charge in [-0.05, 0) is 54.7 Å². The maximum atomic E-state index is 6.01. The summed E-state index contributed by atoms with van der Waals surface area (Å²) >= 11 is 0. The van der Waals surface area contributed by atoms with Crippen LogP contribution >= 0.6 is 0 Å². The molecule has 0 saturated carbocycles. The highest BCUT2D eigenvalue weighted by Crippen LogP contribution is 2.26. The second-order valence-electron chi connectivity index (χ2n) is 5.34. The van der Waals surface area contributed by atoms with Gasteiger partial charge in [0, 0.05) is 23.5 Å². The first-order chi connectivity index (χ1) is 9.74. The Morgan fingerprint density at radius 2 is 1.95 bits per heavy atom. The first kappa shape index (κ1) is 13.0. The Labute approximate surface area is 119 Å². The Balaban J connectivity index is 1.81. The second kappa shape index (κ2) is 5.55.